The summed E-state index contributed by atoms with van der Waals surface area (Å²) in [4.78, 5) is 15.9. The van der Waals surface area contributed by atoms with Gasteiger partial charge in [-0.3, -0.25) is 0 Å². The zero-order valence-electron chi connectivity index (χ0n) is 16.6. The first-order valence-corrected chi connectivity index (χ1v) is 12.1. The van der Waals surface area contributed by atoms with Crippen molar-refractivity contribution < 1.29 is 14.0 Å². The second-order valence-corrected chi connectivity index (χ2v) is 13.4. The van der Waals surface area contributed by atoms with Gasteiger partial charge in [-0.05, 0) is 30.6 Å². The number of allylic oxidation sites excluding steroid dienone is 1. The summed E-state index contributed by atoms with van der Waals surface area (Å²) in [6.45, 7) is 11.3. The van der Waals surface area contributed by atoms with Crippen LogP contribution in [0, 0.1) is 0 Å². The molecule has 0 saturated carbocycles. The molecule has 26 heavy (non-hydrogen) atoms. The summed E-state index contributed by atoms with van der Waals surface area (Å²) < 4.78 is 11.6. The first kappa shape index (κ1) is 18.9. The summed E-state index contributed by atoms with van der Waals surface area (Å²) in [7, 11) is -0.395. The number of aromatic nitrogens is 1. The molecule has 3 rings (SSSR count). The number of para-hydroxylation sites is 1. The van der Waals surface area contributed by atoms with Gasteiger partial charge in [0.05, 0.1) is 18.8 Å². The fraction of sp³-hybridized carbons (Fsp3) is 0.476. The van der Waals surface area contributed by atoms with Crippen LogP contribution in [0.4, 0.5) is 0 Å². The number of fused-ring (bicyclic) bond motifs is 1. The van der Waals surface area contributed by atoms with Gasteiger partial charge in [-0.25, -0.2) is 4.79 Å². The number of rotatable bonds is 4. The van der Waals surface area contributed by atoms with E-state index in [1.807, 2.05) is 24.3 Å². The molecule has 1 aromatic carbocycles. The predicted octanol–water partition coefficient (Wildman–Crippen LogP) is 5.39. The molecule has 1 aromatic heterocycles. The standard InChI is InChI=1S/C21H29NO3Si/c1-21(2,3)26(5,6)25-15-12-11-14(13-15)19-18(20(23)24-4)16-9-7-8-10-17(16)22-19/h7-12,14-15,22H,13H2,1-6H3/t14-,15+/m0/s1. The Bertz CT molecular complexity index is 845. The quantitative estimate of drug-likeness (QED) is 0.445. The van der Waals surface area contributed by atoms with Crippen molar-refractivity contribution >= 4 is 25.2 Å². The summed E-state index contributed by atoms with van der Waals surface area (Å²) in [5.74, 6) is -0.161. The highest BCUT2D eigenvalue weighted by atomic mass is 28.4. The van der Waals surface area contributed by atoms with Gasteiger partial charge in [-0.15, -0.1) is 0 Å². The molecule has 1 N–H and O–H groups in total. The number of hydrogen-bond donors (Lipinski definition) is 1. The number of methoxy groups -OCH3 is 1. The Kier molecular flexibility index (Phi) is 4.88. The lowest BCUT2D eigenvalue weighted by atomic mass is 9.99. The van der Waals surface area contributed by atoms with E-state index in [2.05, 4.69) is 51.0 Å². The molecule has 1 heterocycles. The fourth-order valence-corrected chi connectivity index (χ4v) is 4.57. The number of aromatic amines is 1. The molecule has 0 unspecified atom stereocenters. The minimum atomic E-state index is -1.83. The van der Waals surface area contributed by atoms with Crippen molar-refractivity contribution in [2.75, 3.05) is 7.11 Å². The van der Waals surface area contributed by atoms with Gasteiger partial charge in [-0.1, -0.05) is 51.1 Å². The van der Waals surface area contributed by atoms with Gasteiger partial charge >= 0.3 is 5.97 Å². The number of carbonyl (C=O) groups is 1. The third kappa shape index (κ3) is 3.38. The van der Waals surface area contributed by atoms with E-state index in [0.29, 0.717) is 5.56 Å². The lowest BCUT2D eigenvalue weighted by Gasteiger charge is -2.38. The van der Waals surface area contributed by atoms with E-state index in [4.69, 9.17) is 9.16 Å². The number of ether oxygens (including phenoxy) is 1. The molecule has 1 aliphatic rings. The second kappa shape index (κ2) is 6.71. The lowest BCUT2D eigenvalue weighted by molar-refractivity contribution is 0.0601. The Labute approximate surface area is 156 Å². The Morgan fingerprint density at radius 1 is 1.19 bits per heavy atom. The van der Waals surface area contributed by atoms with E-state index in [1.54, 1.807) is 0 Å². The monoisotopic (exact) mass is 371 g/mol. The highest BCUT2D eigenvalue weighted by Gasteiger charge is 2.40. The maximum absolute atomic E-state index is 12.4. The van der Waals surface area contributed by atoms with E-state index >= 15 is 0 Å². The molecule has 0 bridgehead atoms. The van der Waals surface area contributed by atoms with Crippen molar-refractivity contribution in [3.05, 3.63) is 47.7 Å². The van der Waals surface area contributed by atoms with Crippen molar-refractivity contribution in [1.82, 2.24) is 4.98 Å². The number of H-pyrrole nitrogens is 1. The smallest absolute Gasteiger partial charge is 0.340 e. The molecule has 2 atom stereocenters. The van der Waals surface area contributed by atoms with E-state index in [1.165, 1.54) is 7.11 Å². The van der Waals surface area contributed by atoms with Crippen LogP contribution in [0.25, 0.3) is 10.9 Å². The van der Waals surface area contributed by atoms with Crippen LogP contribution in [0.15, 0.2) is 36.4 Å². The van der Waals surface area contributed by atoms with Gasteiger partial charge in [-0.2, -0.15) is 0 Å². The minimum Gasteiger partial charge on any atom is -0.465 e. The summed E-state index contributed by atoms with van der Waals surface area (Å²) >= 11 is 0. The van der Waals surface area contributed by atoms with Gasteiger partial charge in [0.1, 0.15) is 0 Å². The third-order valence-corrected chi connectivity index (χ3v) is 10.3. The number of nitrogens with one attached hydrogen (secondary N) is 1. The molecule has 140 valence electrons. The van der Waals surface area contributed by atoms with Gasteiger partial charge in [0.25, 0.3) is 0 Å². The highest BCUT2D eigenvalue weighted by molar-refractivity contribution is 6.74. The summed E-state index contributed by atoms with van der Waals surface area (Å²) in [5.41, 5.74) is 2.53. The van der Waals surface area contributed by atoms with Crippen LogP contribution in [0.5, 0.6) is 0 Å². The highest BCUT2D eigenvalue weighted by Crippen LogP contribution is 2.41. The van der Waals surface area contributed by atoms with E-state index in [-0.39, 0.29) is 23.0 Å². The van der Waals surface area contributed by atoms with Crippen LogP contribution in [-0.4, -0.2) is 32.5 Å². The third-order valence-electron chi connectivity index (χ3n) is 5.79. The van der Waals surface area contributed by atoms with Crippen LogP contribution < -0.4 is 0 Å². The first-order valence-electron chi connectivity index (χ1n) is 9.19. The number of esters is 1. The molecule has 1 aliphatic carbocycles. The molecule has 0 saturated heterocycles. The molecule has 2 aromatic rings. The van der Waals surface area contributed by atoms with Crippen LogP contribution in [-0.2, 0) is 9.16 Å². The van der Waals surface area contributed by atoms with Crippen molar-refractivity contribution in [3.63, 3.8) is 0 Å². The van der Waals surface area contributed by atoms with Crippen molar-refractivity contribution in [2.45, 2.75) is 57.3 Å². The average molecular weight is 372 g/mol. The normalized spacial score (nSPS) is 20.7. The molecule has 0 aliphatic heterocycles. The largest absolute Gasteiger partial charge is 0.465 e. The SMILES string of the molecule is COC(=O)c1c([C@H]2C=C[C@@H](O[Si](C)(C)C(C)(C)C)C2)[nH]c2ccccc12. The van der Waals surface area contributed by atoms with Crippen molar-refractivity contribution in [3.8, 4) is 0 Å². The van der Waals surface area contributed by atoms with Crippen LogP contribution in [0.2, 0.25) is 18.1 Å². The molecule has 0 fully saturated rings. The maximum atomic E-state index is 12.4. The molecular weight excluding hydrogens is 342 g/mol. The topological polar surface area (TPSA) is 51.3 Å². The van der Waals surface area contributed by atoms with Crippen LogP contribution in [0.1, 0.15) is 49.2 Å². The Morgan fingerprint density at radius 3 is 2.54 bits per heavy atom. The molecule has 0 spiro atoms. The second-order valence-electron chi connectivity index (χ2n) is 8.59. The fourth-order valence-electron chi connectivity index (χ4n) is 3.29. The molecule has 0 radical (unpaired) electrons. The molecule has 0 amide bonds. The zero-order valence-corrected chi connectivity index (χ0v) is 17.6. The molecule has 5 heteroatoms. The Morgan fingerprint density at radius 2 is 1.88 bits per heavy atom. The van der Waals surface area contributed by atoms with E-state index in [9.17, 15) is 4.79 Å². The van der Waals surface area contributed by atoms with Gasteiger partial charge in [0, 0.05) is 22.5 Å². The van der Waals surface area contributed by atoms with E-state index in [0.717, 1.165) is 23.0 Å². The lowest BCUT2D eigenvalue weighted by Crippen LogP contribution is -2.43. The molecular formula is C21H29NO3Si. The summed E-state index contributed by atoms with van der Waals surface area (Å²) in [6, 6.07) is 7.87. The Hall–Kier alpha value is -1.85. The van der Waals surface area contributed by atoms with Crippen molar-refractivity contribution in [2.24, 2.45) is 0 Å². The number of carbonyl (C=O) groups excluding carboxylic acids is 1. The zero-order chi connectivity index (χ0) is 19.1. The number of hydrogen-bond acceptors (Lipinski definition) is 3. The van der Waals surface area contributed by atoms with E-state index < -0.39 is 8.32 Å². The van der Waals surface area contributed by atoms with Crippen molar-refractivity contribution in [1.29, 1.82) is 0 Å². The predicted molar refractivity (Wildman–Crippen MR) is 108 cm³/mol. The van der Waals surface area contributed by atoms with Gasteiger partial charge in [0.2, 0.25) is 0 Å². The van der Waals surface area contributed by atoms with Crippen LogP contribution >= 0.6 is 0 Å². The summed E-state index contributed by atoms with van der Waals surface area (Å²) in [6.07, 6.45) is 5.26. The maximum Gasteiger partial charge on any atom is 0.340 e. The number of benzene rings is 1. The van der Waals surface area contributed by atoms with Gasteiger partial charge in [0.15, 0.2) is 8.32 Å². The molecule has 4 nitrogen and oxygen atoms in total. The first-order chi connectivity index (χ1) is 12.1. The summed E-state index contributed by atoms with van der Waals surface area (Å²) in [5, 5.41) is 1.09. The van der Waals surface area contributed by atoms with Crippen LogP contribution in [0.3, 0.4) is 0 Å². The Balaban J connectivity index is 1.88. The minimum absolute atomic E-state index is 0.0952. The average Bonchev–Trinajstić information content (AvgIpc) is 3.16. The van der Waals surface area contributed by atoms with Gasteiger partial charge < -0.3 is 14.1 Å².